The minimum atomic E-state index is -0.700. The maximum Gasteiger partial charge on any atom is 0.303 e. The molecule has 0 aliphatic heterocycles. The summed E-state index contributed by atoms with van der Waals surface area (Å²) in [5, 5.41) is 8.56. The van der Waals surface area contributed by atoms with E-state index in [2.05, 4.69) is 19.1 Å². The fraction of sp³-hybridized carbons (Fsp3) is 0.667. The summed E-state index contributed by atoms with van der Waals surface area (Å²) in [6.07, 6.45) is 14.2. The van der Waals surface area contributed by atoms with Crippen molar-refractivity contribution in [3.05, 3.63) is 23.3 Å². The molecule has 1 aliphatic rings. The van der Waals surface area contributed by atoms with E-state index in [1.807, 2.05) is 0 Å². The van der Waals surface area contributed by atoms with Crippen molar-refractivity contribution in [2.45, 2.75) is 77.6 Å². The van der Waals surface area contributed by atoms with Crippen molar-refractivity contribution in [1.29, 1.82) is 0 Å². The van der Waals surface area contributed by atoms with Crippen LogP contribution in [0.4, 0.5) is 0 Å². The predicted octanol–water partition coefficient (Wildman–Crippen LogP) is 4.82. The van der Waals surface area contributed by atoms with Crippen molar-refractivity contribution in [3.8, 4) is 0 Å². The van der Waals surface area contributed by atoms with Gasteiger partial charge in [0.05, 0.1) is 0 Å². The Balaban J connectivity index is 2.23. The Morgan fingerprint density at radius 3 is 2.52 bits per heavy atom. The van der Waals surface area contributed by atoms with E-state index in [-0.39, 0.29) is 6.42 Å². The molecule has 0 atom stereocenters. The van der Waals surface area contributed by atoms with Gasteiger partial charge in [0.15, 0.2) is 5.78 Å². The van der Waals surface area contributed by atoms with Crippen LogP contribution in [0.2, 0.25) is 0 Å². The topological polar surface area (TPSA) is 54.4 Å². The SMILES string of the molecule is CC/C=C\CC1=C(CCCCCCCC(=O)O)CCC1=O. The Labute approximate surface area is 128 Å². The molecular weight excluding hydrogens is 264 g/mol. The Morgan fingerprint density at radius 2 is 1.81 bits per heavy atom. The van der Waals surface area contributed by atoms with Gasteiger partial charge in [0.25, 0.3) is 0 Å². The third-order valence-corrected chi connectivity index (χ3v) is 4.01. The van der Waals surface area contributed by atoms with E-state index in [1.54, 1.807) is 0 Å². The largest absolute Gasteiger partial charge is 0.481 e. The Kier molecular flexibility index (Phi) is 8.72. The molecule has 1 rings (SSSR count). The number of hydrogen-bond donors (Lipinski definition) is 1. The van der Waals surface area contributed by atoms with Gasteiger partial charge in [-0.15, -0.1) is 0 Å². The highest BCUT2D eigenvalue weighted by molar-refractivity contribution is 5.98. The maximum absolute atomic E-state index is 11.9. The van der Waals surface area contributed by atoms with Crippen molar-refractivity contribution >= 4 is 11.8 Å². The maximum atomic E-state index is 11.9. The molecule has 0 spiro atoms. The van der Waals surface area contributed by atoms with Gasteiger partial charge in [-0.05, 0) is 44.1 Å². The number of rotatable bonds is 11. The molecule has 0 heterocycles. The van der Waals surface area contributed by atoms with Gasteiger partial charge in [-0.25, -0.2) is 0 Å². The lowest BCUT2D eigenvalue weighted by atomic mass is 10.0. The van der Waals surface area contributed by atoms with Gasteiger partial charge in [0.2, 0.25) is 0 Å². The first kappa shape index (κ1) is 17.7. The Morgan fingerprint density at radius 1 is 1.10 bits per heavy atom. The van der Waals surface area contributed by atoms with Crippen LogP contribution in [-0.2, 0) is 9.59 Å². The third kappa shape index (κ3) is 7.26. The second-order valence-corrected chi connectivity index (χ2v) is 5.75. The summed E-state index contributed by atoms with van der Waals surface area (Å²) in [7, 11) is 0. The van der Waals surface area contributed by atoms with Crippen LogP contribution in [-0.4, -0.2) is 16.9 Å². The number of Topliss-reactive ketones (excluding diaryl/α,β-unsaturated/α-hetero) is 1. The van der Waals surface area contributed by atoms with E-state index in [0.29, 0.717) is 12.2 Å². The van der Waals surface area contributed by atoms with Crippen LogP contribution in [0.25, 0.3) is 0 Å². The Hall–Kier alpha value is -1.38. The molecule has 0 amide bonds. The average Bonchev–Trinajstić information content (AvgIpc) is 2.79. The molecule has 1 N–H and O–H groups in total. The van der Waals surface area contributed by atoms with Crippen molar-refractivity contribution in [2.75, 3.05) is 0 Å². The summed E-state index contributed by atoms with van der Waals surface area (Å²) in [6, 6.07) is 0. The van der Waals surface area contributed by atoms with E-state index < -0.39 is 5.97 Å². The molecule has 118 valence electrons. The highest BCUT2D eigenvalue weighted by atomic mass is 16.4. The van der Waals surface area contributed by atoms with Gasteiger partial charge < -0.3 is 5.11 Å². The Bertz CT molecular complexity index is 405. The van der Waals surface area contributed by atoms with Crippen molar-refractivity contribution in [2.24, 2.45) is 0 Å². The van der Waals surface area contributed by atoms with Gasteiger partial charge in [0, 0.05) is 12.8 Å². The van der Waals surface area contributed by atoms with Crippen LogP contribution in [0.3, 0.4) is 0 Å². The highest BCUT2D eigenvalue weighted by Gasteiger charge is 2.20. The number of aliphatic carboxylic acids is 1. The molecule has 0 aromatic carbocycles. The molecular formula is C18H28O3. The summed E-state index contributed by atoms with van der Waals surface area (Å²) in [6.45, 7) is 2.10. The van der Waals surface area contributed by atoms with Crippen molar-refractivity contribution in [1.82, 2.24) is 0 Å². The summed E-state index contributed by atoms with van der Waals surface area (Å²) in [4.78, 5) is 22.3. The van der Waals surface area contributed by atoms with Crippen molar-refractivity contribution < 1.29 is 14.7 Å². The zero-order chi connectivity index (χ0) is 15.5. The summed E-state index contributed by atoms with van der Waals surface area (Å²) < 4.78 is 0. The molecule has 0 aromatic heterocycles. The highest BCUT2D eigenvalue weighted by Crippen LogP contribution is 2.29. The third-order valence-electron chi connectivity index (χ3n) is 4.01. The second kappa shape index (κ2) is 10.4. The molecule has 0 saturated carbocycles. The van der Waals surface area contributed by atoms with Crippen LogP contribution < -0.4 is 0 Å². The van der Waals surface area contributed by atoms with Crippen LogP contribution in [0.15, 0.2) is 23.3 Å². The fourth-order valence-electron chi connectivity index (χ4n) is 2.81. The summed E-state index contributed by atoms with van der Waals surface area (Å²) in [5.41, 5.74) is 2.43. The molecule has 3 nitrogen and oxygen atoms in total. The number of allylic oxidation sites excluding steroid dienone is 4. The zero-order valence-corrected chi connectivity index (χ0v) is 13.2. The van der Waals surface area contributed by atoms with Gasteiger partial charge in [0.1, 0.15) is 0 Å². The summed E-state index contributed by atoms with van der Waals surface area (Å²) in [5.74, 6) is -0.360. The molecule has 0 aromatic rings. The van der Waals surface area contributed by atoms with E-state index >= 15 is 0 Å². The van der Waals surface area contributed by atoms with Crippen LogP contribution >= 0.6 is 0 Å². The average molecular weight is 292 g/mol. The lowest BCUT2D eigenvalue weighted by molar-refractivity contribution is -0.137. The first-order valence-electron chi connectivity index (χ1n) is 8.26. The normalized spacial score (nSPS) is 15.4. The number of carboxylic acids is 1. The van der Waals surface area contributed by atoms with E-state index in [0.717, 1.165) is 63.4 Å². The number of ketones is 1. The quantitative estimate of drug-likeness (QED) is 0.439. The van der Waals surface area contributed by atoms with E-state index in [9.17, 15) is 9.59 Å². The molecule has 1 aliphatic carbocycles. The molecule has 21 heavy (non-hydrogen) atoms. The number of carbonyl (C=O) groups excluding carboxylic acids is 1. The minimum Gasteiger partial charge on any atom is -0.481 e. The van der Waals surface area contributed by atoms with Crippen LogP contribution in [0.5, 0.6) is 0 Å². The smallest absolute Gasteiger partial charge is 0.303 e. The van der Waals surface area contributed by atoms with Gasteiger partial charge in [-0.1, -0.05) is 43.9 Å². The number of carbonyl (C=O) groups is 2. The lowest BCUT2D eigenvalue weighted by Gasteiger charge is -2.05. The first-order chi connectivity index (χ1) is 10.1. The lowest BCUT2D eigenvalue weighted by Crippen LogP contribution is -1.95. The van der Waals surface area contributed by atoms with Crippen LogP contribution in [0, 0.1) is 0 Å². The molecule has 0 fully saturated rings. The van der Waals surface area contributed by atoms with Gasteiger partial charge in [-0.3, -0.25) is 9.59 Å². The van der Waals surface area contributed by atoms with Gasteiger partial charge >= 0.3 is 5.97 Å². The van der Waals surface area contributed by atoms with E-state index in [1.165, 1.54) is 5.57 Å². The molecule has 0 bridgehead atoms. The molecule has 3 heteroatoms. The molecule has 0 radical (unpaired) electrons. The number of hydrogen-bond acceptors (Lipinski definition) is 2. The van der Waals surface area contributed by atoms with Crippen molar-refractivity contribution in [3.63, 3.8) is 0 Å². The number of carboxylic acid groups (broad SMARTS) is 1. The van der Waals surface area contributed by atoms with E-state index in [4.69, 9.17) is 5.11 Å². The standard InChI is InChI=1S/C18H28O3/c1-2-3-7-11-16-15(13-14-17(16)19)10-8-5-4-6-9-12-18(20)21/h3,7H,2,4-6,8-14H2,1H3,(H,20,21)/b7-3-. The number of unbranched alkanes of at least 4 members (excludes halogenated alkanes) is 4. The second-order valence-electron chi connectivity index (χ2n) is 5.75. The predicted molar refractivity (Wildman–Crippen MR) is 85.3 cm³/mol. The molecule has 0 unspecified atom stereocenters. The zero-order valence-electron chi connectivity index (χ0n) is 13.2. The molecule has 0 saturated heterocycles. The fourth-order valence-corrected chi connectivity index (χ4v) is 2.81. The monoisotopic (exact) mass is 292 g/mol. The van der Waals surface area contributed by atoms with Crippen LogP contribution in [0.1, 0.15) is 77.6 Å². The summed E-state index contributed by atoms with van der Waals surface area (Å²) >= 11 is 0. The van der Waals surface area contributed by atoms with Gasteiger partial charge in [-0.2, -0.15) is 0 Å². The minimum absolute atomic E-state index is 0.285. The first-order valence-corrected chi connectivity index (χ1v) is 8.26.